The third kappa shape index (κ3) is 5.10. The summed E-state index contributed by atoms with van der Waals surface area (Å²) in [6, 6.07) is 7.14. The Hall–Kier alpha value is -2.87. The van der Waals surface area contributed by atoms with E-state index in [1.54, 1.807) is 13.0 Å². The minimum atomic E-state index is -0.400. The number of rotatable bonds is 5. The smallest absolute Gasteiger partial charge is 0.341 e. The summed E-state index contributed by atoms with van der Waals surface area (Å²) in [4.78, 5) is 26.0. The van der Waals surface area contributed by atoms with Crippen LogP contribution in [0.1, 0.15) is 34.7 Å². The first-order valence-corrected chi connectivity index (χ1v) is 9.17. The number of carbonyl (C=O) groups is 2. The number of esters is 1. The highest BCUT2D eigenvalue weighted by Gasteiger charge is 2.23. The maximum atomic E-state index is 12.9. The summed E-state index contributed by atoms with van der Waals surface area (Å²) in [6.07, 6.45) is 1.61. The molecule has 2 aromatic rings. The monoisotopic (exact) mass is 389 g/mol. The minimum Gasteiger partial charge on any atom is -0.465 e. The van der Waals surface area contributed by atoms with Crippen LogP contribution in [0.15, 0.2) is 34.7 Å². The lowest BCUT2D eigenvalue weighted by Crippen LogP contribution is -2.45. The molecule has 1 fully saturated rings. The van der Waals surface area contributed by atoms with Gasteiger partial charge in [-0.3, -0.25) is 4.90 Å². The van der Waals surface area contributed by atoms with Gasteiger partial charge >= 0.3 is 12.0 Å². The van der Waals surface area contributed by atoms with Crippen molar-refractivity contribution in [1.29, 1.82) is 0 Å². The van der Waals surface area contributed by atoms with Crippen molar-refractivity contribution in [3.05, 3.63) is 53.2 Å². The Balaban J connectivity index is 1.45. The number of aryl methyl sites for hydroxylation is 1. The number of halogens is 1. The van der Waals surface area contributed by atoms with Crippen molar-refractivity contribution < 1.29 is 23.1 Å². The second-order valence-electron chi connectivity index (χ2n) is 6.83. The molecular weight excluding hydrogens is 365 g/mol. The number of furan rings is 1. The second-order valence-corrected chi connectivity index (χ2v) is 6.83. The van der Waals surface area contributed by atoms with Gasteiger partial charge in [0, 0.05) is 24.8 Å². The van der Waals surface area contributed by atoms with Gasteiger partial charge in [-0.2, -0.15) is 0 Å². The van der Waals surface area contributed by atoms with E-state index in [0.717, 1.165) is 31.7 Å². The fourth-order valence-electron chi connectivity index (χ4n) is 3.28. The molecule has 2 heterocycles. The summed E-state index contributed by atoms with van der Waals surface area (Å²) in [5, 5.41) is 5.65. The number of piperidine rings is 1. The lowest BCUT2D eigenvalue weighted by molar-refractivity contribution is 0.0598. The molecule has 0 unspecified atom stereocenters. The Kier molecular flexibility index (Phi) is 6.30. The van der Waals surface area contributed by atoms with Gasteiger partial charge in [-0.05, 0) is 50.1 Å². The number of nitrogens with zero attached hydrogens (tertiary/aromatic N) is 1. The Morgan fingerprint density at radius 2 is 1.93 bits per heavy atom. The third-order valence-corrected chi connectivity index (χ3v) is 4.78. The van der Waals surface area contributed by atoms with Crippen LogP contribution in [-0.4, -0.2) is 43.1 Å². The lowest BCUT2D eigenvalue weighted by Gasteiger charge is -2.31. The van der Waals surface area contributed by atoms with Crippen LogP contribution in [0.25, 0.3) is 0 Å². The van der Waals surface area contributed by atoms with Gasteiger partial charge < -0.3 is 19.8 Å². The summed E-state index contributed by atoms with van der Waals surface area (Å²) in [5.74, 6) is 0.528. The maximum Gasteiger partial charge on any atom is 0.341 e. The topological polar surface area (TPSA) is 83.8 Å². The van der Waals surface area contributed by atoms with E-state index in [1.165, 1.54) is 31.4 Å². The van der Waals surface area contributed by atoms with Crippen LogP contribution in [0.2, 0.25) is 0 Å². The van der Waals surface area contributed by atoms with Crippen molar-refractivity contribution in [3.63, 3.8) is 0 Å². The highest BCUT2D eigenvalue weighted by Crippen LogP contribution is 2.20. The molecule has 1 aliphatic rings. The van der Waals surface area contributed by atoms with Gasteiger partial charge in [0.1, 0.15) is 22.9 Å². The maximum absolute atomic E-state index is 12.9. The van der Waals surface area contributed by atoms with Crippen LogP contribution in [0.3, 0.4) is 0 Å². The van der Waals surface area contributed by atoms with E-state index in [0.29, 0.717) is 23.6 Å². The standard InChI is InChI=1S/C20H24FN3O4/c1-13-18(19(25)27-2)11-17(28-13)12-24-9-7-16(8-10-24)23-20(26)22-15-5-3-14(21)4-6-15/h3-6,11,16H,7-10,12H2,1-2H3,(H2,22,23,26). The summed E-state index contributed by atoms with van der Waals surface area (Å²) >= 11 is 0. The highest BCUT2D eigenvalue weighted by atomic mass is 19.1. The molecule has 0 saturated carbocycles. The normalized spacial score (nSPS) is 15.2. The summed E-state index contributed by atoms with van der Waals surface area (Å²) in [6.45, 7) is 3.95. The predicted molar refractivity (Wildman–Crippen MR) is 102 cm³/mol. The molecule has 2 N–H and O–H groups in total. The van der Waals surface area contributed by atoms with Gasteiger partial charge in [-0.1, -0.05) is 0 Å². The van der Waals surface area contributed by atoms with Crippen LogP contribution >= 0.6 is 0 Å². The number of likely N-dealkylation sites (tertiary alicyclic amines) is 1. The molecule has 2 amide bonds. The van der Waals surface area contributed by atoms with E-state index >= 15 is 0 Å². The van der Waals surface area contributed by atoms with Crippen molar-refractivity contribution in [3.8, 4) is 0 Å². The number of urea groups is 1. The van der Waals surface area contributed by atoms with Crippen LogP contribution in [0, 0.1) is 12.7 Å². The number of hydrogen-bond donors (Lipinski definition) is 2. The molecule has 0 bridgehead atoms. The van der Waals surface area contributed by atoms with E-state index in [9.17, 15) is 14.0 Å². The van der Waals surface area contributed by atoms with Crippen molar-refractivity contribution in [2.24, 2.45) is 0 Å². The molecule has 0 spiro atoms. The van der Waals surface area contributed by atoms with E-state index in [2.05, 4.69) is 15.5 Å². The Bertz CT molecular complexity index is 826. The number of carbonyl (C=O) groups excluding carboxylic acids is 2. The summed E-state index contributed by atoms with van der Waals surface area (Å²) in [5.41, 5.74) is 0.998. The van der Waals surface area contributed by atoms with Crippen LogP contribution in [0.5, 0.6) is 0 Å². The van der Waals surface area contributed by atoms with Crippen molar-refractivity contribution in [2.45, 2.75) is 32.4 Å². The lowest BCUT2D eigenvalue weighted by atomic mass is 10.1. The van der Waals surface area contributed by atoms with Gasteiger partial charge in [-0.15, -0.1) is 0 Å². The van der Waals surface area contributed by atoms with Crippen LogP contribution < -0.4 is 10.6 Å². The first-order chi connectivity index (χ1) is 13.4. The Morgan fingerprint density at radius 1 is 1.25 bits per heavy atom. The molecule has 8 heteroatoms. The van der Waals surface area contributed by atoms with E-state index in [1.807, 2.05) is 0 Å². The first kappa shape index (κ1) is 19.9. The second kappa shape index (κ2) is 8.88. The molecular formula is C20H24FN3O4. The molecule has 150 valence electrons. The van der Waals surface area contributed by atoms with Crippen molar-refractivity contribution in [2.75, 3.05) is 25.5 Å². The molecule has 3 rings (SSSR count). The molecule has 0 aliphatic carbocycles. The van der Waals surface area contributed by atoms with Gasteiger partial charge in [0.05, 0.1) is 13.7 Å². The Morgan fingerprint density at radius 3 is 2.57 bits per heavy atom. The number of anilines is 1. The zero-order chi connectivity index (χ0) is 20.1. The quantitative estimate of drug-likeness (QED) is 0.767. The predicted octanol–water partition coefficient (Wildman–Crippen LogP) is 3.30. The number of benzene rings is 1. The molecule has 7 nitrogen and oxygen atoms in total. The van der Waals surface area contributed by atoms with E-state index < -0.39 is 5.97 Å². The molecule has 1 aromatic carbocycles. The molecule has 1 aromatic heterocycles. The fraction of sp³-hybridized carbons (Fsp3) is 0.400. The van der Waals surface area contributed by atoms with Gasteiger partial charge in [0.25, 0.3) is 0 Å². The zero-order valence-electron chi connectivity index (χ0n) is 16.0. The van der Waals surface area contributed by atoms with Crippen LogP contribution in [-0.2, 0) is 11.3 Å². The molecule has 28 heavy (non-hydrogen) atoms. The number of amides is 2. The number of nitrogens with one attached hydrogen (secondary N) is 2. The van der Waals surface area contributed by atoms with Gasteiger partial charge in [0.15, 0.2) is 0 Å². The zero-order valence-corrected chi connectivity index (χ0v) is 16.0. The van der Waals surface area contributed by atoms with E-state index in [-0.39, 0.29) is 17.9 Å². The summed E-state index contributed by atoms with van der Waals surface area (Å²) < 4.78 is 23.3. The largest absolute Gasteiger partial charge is 0.465 e. The van der Waals surface area contributed by atoms with Crippen molar-refractivity contribution in [1.82, 2.24) is 10.2 Å². The van der Waals surface area contributed by atoms with Crippen molar-refractivity contribution >= 4 is 17.7 Å². The third-order valence-electron chi connectivity index (χ3n) is 4.78. The Labute approximate surface area is 162 Å². The average molecular weight is 389 g/mol. The minimum absolute atomic E-state index is 0.0701. The van der Waals surface area contributed by atoms with Gasteiger partial charge in [0.2, 0.25) is 0 Å². The molecule has 1 saturated heterocycles. The first-order valence-electron chi connectivity index (χ1n) is 9.17. The van der Waals surface area contributed by atoms with Gasteiger partial charge in [-0.25, -0.2) is 14.0 Å². The molecule has 1 aliphatic heterocycles. The average Bonchev–Trinajstić information content (AvgIpc) is 3.04. The summed E-state index contributed by atoms with van der Waals surface area (Å²) in [7, 11) is 1.35. The number of ether oxygens (including phenoxy) is 1. The molecule has 0 atom stereocenters. The van der Waals surface area contributed by atoms with E-state index in [4.69, 9.17) is 9.15 Å². The molecule has 0 radical (unpaired) electrons. The fourth-order valence-corrected chi connectivity index (χ4v) is 3.28. The SMILES string of the molecule is COC(=O)c1cc(CN2CCC(NC(=O)Nc3ccc(F)cc3)CC2)oc1C. The van der Waals surface area contributed by atoms with Crippen LogP contribution in [0.4, 0.5) is 14.9 Å². The number of hydrogen-bond acceptors (Lipinski definition) is 5. The highest BCUT2D eigenvalue weighted by molar-refractivity contribution is 5.90. The number of methoxy groups -OCH3 is 1.